The second kappa shape index (κ2) is 11.0. The molecule has 0 atom stereocenters. The molecule has 0 spiro atoms. The fraction of sp³-hybridized carbons (Fsp3) is 0.214. The largest absolute Gasteiger partial charge is 0.292 e. The topological polar surface area (TPSA) is 34.9 Å². The van der Waals surface area contributed by atoms with Crippen LogP contribution < -0.4 is 0 Å². The van der Waals surface area contributed by atoms with Crippen LogP contribution in [0.15, 0.2) is 71.2 Å². The van der Waals surface area contributed by atoms with Gasteiger partial charge in [0, 0.05) is 27.0 Å². The lowest BCUT2D eigenvalue weighted by molar-refractivity contribution is 0.0987. The lowest BCUT2D eigenvalue weighted by Crippen LogP contribution is -2.07. The smallest absolute Gasteiger partial charge is 0.187 e. The number of hydrogen-bond acceptors (Lipinski definition) is 2. The summed E-state index contributed by atoms with van der Waals surface area (Å²) >= 11 is 9.68. The van der Waals surface area contributed by atoms with Gasteiger partial charge in [0.1, 0.15) is 5.69 Å². The van der Waals surface area contributed by atoms with Crippen molar-refractivity contribution >= 4 is 33.3 Å². The van der Waals surface area contributed by atoms with E-state index in [2.05, 4.69) is 15.9 Å². The van der Waals surface area contributed by atoms with E-state index in [1.165, 1.54) is 5.56 Å². The van der Waals surface area contributed by atoms with E-state index in [1.807, 2.05) is 106 Å². The van der Waals surface area contributed by atoms with E-state index in [9.17, 15) is 4.79 Å². The summed E-state index contributed by atoms with van der Waals surface area (Å²) in [5.41, 5.74) is 7.32. The Morgan fingerprint density at radius 1 is 0.939 bits per heavy atom. The average Bonchev–Trinajstić information content (AvgIpc) is 3.14. The molecule has 0 unspecified atom stereocenters. The van der Waals surface area contributed by atoms with Crippen LogP contribution in [0.2, 0.25) is 5.02 Å². The van der Waals surface area contributed by atoms with Crippen LogP contribution in [-0.4, -0.2) is 15.6 Å². The molecule has 0 aliphatic carbocycles. The van der Waals surface area contributed by atoms with Gasteiger partial charge in [0.05, 0.1) is 11.4 Å². The van der Waals surface area contributed by atoms with Crippen LogP contribution in [0, 0.1) is 20.8 Å². The Labute approximate surface area is 209 Å². The molecule has 0 radical (unpaired) electrons. The molecule has 0 bridgehead atoms. The van der Waals surface area contributed by atoms with Gasteiger partial charge in [0.25, 0.3) is 0 Å². The fourth-order valence-corrected chi connectivity index (χ4v) is 4.20. The number of nitrogens with zero attached hydrogens (tertiary/aromatic N) is 2. The van der Waals surface area contributed by atoms with Crippen LogP contribution in [0.3, 0.4) is 0 Å². The monoisotopic (exact) mass is 522 g/mol. The Bertz CT molecular complexity index is 1260. The van der Waals surface area contributed by atoms with Gasteiger partial charge in [-0.2, -0.15) is 5.10 Å². The molecule has 33 heavy (non-hydrogen) atoms. The summed E-state index contributed by atoms with van der Waals surface area (Å²) < 4.78 is 2.87. The van der Waals surface area contributed by atoms with E-state index >= 15 is 0 Å². The number of ketones is 1. The highest BCUT2D eigenvalue weighted by molar-refractivity contribution is 9.10. The summed E-state index contributed by atoms with van der Waals surface area (Å²) in [6, 6.07) is 21.8. The summed E-state index contributed by atoms with van der Waals surface area (Å²) in [6.45, 7) is 10.0. The van der Waals surface area contributed by atoms with Gasteiger partial charge in [0.2, 0.25) is 0 Å². The van der Waals surface area contributed by atoms with E-state index in [0.29, 0.717) is 17.1 Å². The average molecular weight is 524 g/mol. The van der Waals surface area contributed by atoms with Crippen LogP contribution >= 0.6 is 27.5 Å². The second-order valence-electron chi connectivity index (χ2n) is 7.76. The number of Topliss-reactive ketones (excluding diaryl/α,β-unsaturated/α-hetero) is 1. The standard InChI is InChI=1S/C26H22BrClN2O.C2H6/c1-16-4-6-19(7-5-16)15-24(31)25-18(3)26(20-8-10-21(27)11-9-20)30(29-25)23-13-12-22(28)14-17(23)2;1-2/h4-14H,15H2,1-3H3;1-2H3. The molecule has 4 rings (SSSR count). The van der Waals surface area contributed by atoms with Crippen molar-refractivity contribution < 1.29 is 4.79 Å². The highest BCUT2D eigenvalue weighted by atomic mass is 79.9. The number of aryl methyl sites for hydroxylation is 2. The van der Waals surface area contributed by atoms with Gasteiger partial charge in [-0.25, -0.2) is 4.68 Å². The zero-order valence-corrected chi connectivity index (χ0v) is 22.0. The number of aromatic nitrogens is 2. The van der Waals surface area contributed by atoms with E-state index in [-0.39, 0.29) is 5.78 Å². The molecule has 0 saturated carbocycles. The van der Waals surface area contributed by atoms with Gasteiger partial charge in [-0.05, 0) is 62.2 Å². The molecule has 170 valence electrons. The summed E-state index contributed by atoms with van der Waals surface area (Å²) in [5, 5.41) is 5.47. The first-order chi connectivity index (χ1) is 15.8. The molecule has 0 fully saturated rings. The van der Waals surface area contributed by atoms with Crippen molar-refractivity contribution in [2.24, 2.45) is 0 Å². The fourth-order valence-electron chi connectivity index (χ4n) is 3.71. The number of carbonyl (C=O) groups is 1. The Morgan fingerprint density at radius 3 is 2.18 bits per heavy atom. The third-order valence-corrected chi connectivity index (χ3v) is 6.14. The van der Waals surface area contributed by atoms with Crippen molar-refractivity contribution in [3.63, 3.8) is 0 Å². The van der Waals surface area contributed by atoms with E-state index in [4.69, 9.17) is 16.7 Å². The molecule has 3 nitrogen and oxygen atoms in total. The highest BCUT2D eigenvalue weighted by Crippen LogP contribution is 2.32. The molecule has 0 N–H and O–H groups in total. The minimum atomic E-state index is 0.00470. The first-order valence-corrected chi connectivity index (χ1v) is 12.2. The summed E-state index contributed by atoms with van der Waals surface area (Å²) in [5.74, 6) is 0.00470. The van der Waals surface area contributed by atoms with Crippen LogP contribution in [0.5, 0.6) is 0 Å². The van der Waals surface area contributed by atoms with Crippen molar-refractivity contribution in [2.75, 3.05) is 0 Å². The molecule has 3 aromatic carbocycles. The maximum atomic E-state index is 13.2. The highest BCUT2D eigenvalue weighted by Gasteiger charge is 2.23. The van der Waals surface area contributed by atoms with Crippen LogP contribution in [0.25, 0.3) is 16.9 Å². The van der Waals surface area contributed by atoms with Crippen LogP contribution in [0.4, 0.5) is 0 Å². The van der Waals surface area contributed by atoms with E-state index < -0.39 is 0 Å². The summed E-state index contributed by atoms with van der Waals surface area (Å²) in [4.78, 5) is 13.2. The predicted octanol–water partition coefficient (Wildman–Crippen LogP) is 8.33. The molecule has 1 aromatic heterocycles. The molecular weight excluding hydrogens is 496 g/mol. The molecule has 5 heteroatoms. The lowest BCUT2D eigenvalue weighted by atomic mass is 10.0. The Kier molecular flexibility index (Phi) is 8.28. The molecular formula is C28H28BrClN2O. The molecule has 4 aromatic rings. The van der Waals surface area contributed by atoms with Crippen molar-refractivity contribution in [2.45, 2.75) is 41.0 Å². The van der Waals surface area contributed by atoms with E-state index in [0.717, 1.165) is 38.1 Å². The van der Waals surface area contributed by atoms with Crippen molar-refractivity contribution in [3.05, 3.63) is 104 Å². The summed E-state index contributed by atoms with van der Waals surface area (Å²) in [6.07, 6.45) is 0.317. The molecule has 1 heterocycles. The first kappa shape index (κ1) is 24.9. The molecule has 0 aliphatic heterocycles. The molecule has 0 saturated heterocycles. The second-order valence-corrected chi connectivity index (χ2v) is 9.11. The Balaban J connectivity index is 0.00000149. The van der Waals surface area contributed by atoms with Crippen molar-refractivity contribution in [1.29, 1.82) is 0 Å². The quantitative estimate of drug-likeness (QED) is 0.246. The molecule has 0 amide bonds. The number of halogens is 2. The van der Waals surface area contributed by atoms with Gasteiger partial charge in [-0.15, -0.1) is 0 Å². The minimum Gasteiger partial charge on any atom is -0.292 e. The zero-order valence-electron chi connectivity index (χ0n) is 19.6. The van der Waals surface area contributed by atoms with Crippen molar-refractivity contribution in [3.8, 4) is 16.9 Å². The van der Waals surface area contributed by atoms with Gasteiger partial charge < -0.3 is 0 Å². The van der Waals surface area contributed by atoms with Crippen LogP contribution in [0.1, 0.15) is 46.6 Å². The summed E-state index contributed by atoms with van der Waals surface area (Å²) in [7, 11) is 0. The number of benzene rings is 3. The van der Waals surface area contributed by atoms with Gasteiger partial charge in [-0.3, -0.25) is 4.79 Å². The van der Waals surface area contributed by atoms with E-state index in [1.54, 1.807) is 0 Å². The third kappa shape index (κ3) is 5.63. The number of rotatable bonds is 5. The van der Waals surface area contributed by atoms with Crippen molar-refractivity contribution in [1.82, 2.24) is 9.78 Å². The van der Waals surface area contributed by atoms with Gasteiger partial charge >= 0.3 is 0 Å². The van der Waals surface area contributed by atoms with Gasteiger partial charge in [-0.1, -0.05) is 83.3 Å². The Hall–Kier alpha value is -2.69. The normalized spacial score (nSPS) is 10.5. The lowest BCUT2D eigenvalue weighted by Gasteiger charge is -2.12. The minimum absolute atomic E-state index is 0.00470. The number of carbonyl (C=O) groups excluding carboxylic acids is 1. The Morgan fingerprint density at radius 2 is 1.58 bits per heavy atom. The zero-order chi connectivity index (χ0) is 24.1. The molecule has 0 aliphatic rings. The predicted molar refractivity (Wildman–Crippen MR) is 142 cm³/mol. The SMILES string of the molecule is CC.Cc1ccc(CC(=O)c2nn(-c3ccc(Cl)cc3C)c(-c3ccc(Br)cc3)c2C)cc1. The first-order valence-electron chi connectivity index (χ1n) is 11.0. The number of hydrogen-bond donors (Lipinski definition) is 0. The maximum absolute atomic E-state index is 13.2. The third-order valence-electron chi connectivity index (χ3n) is 5.38. The van der Waals surface area contributed by atoms with Gasteiger partial charge in [0.15, 0.2) is 5.78 Å². The van der Waals surface area contributed by atoms with Crippen LogP contribution in [-0.2, 0) is 6.42 Å². The maximum Gasteiger partial charge on any atom is 0.187 e.